The summed E-state index contributed by atoms with van der Waals surface area (Å²) in [5.74, 6) is 0. The molecule has 0 aliphatic heterocycles. The van der Waals surface area contributed by atoms with Crippen molar-refractivity contribution in [2.45, 2.75) is 6.43 Å². The lowest BCUT2D eigenvalue weighted by molar-refractivity contribution is -0.105. The van der Waals surface area contributed by atoms with Gasteiger partial charge in [-0.2, -0.15) is 5.10 Å². The van der Waals surface area contributed by atoms with Gasteiger partial charge < -0.3 is 5.32 Å². The molecule has 0 fully saturated rings. The molecule has 0 radical (unpaired) electrons. The number of nitrogens with zero attached hydrogens (tertiary/aromatic N) is 2. The van der Waals surface area contributed by atoms with Gasteiger partial charge in [-0.15, -0.1) is 0 Å². The molecule has 0 aromatic carbocycles. The predicted octanol–water partition coefficient (Wildman–Crippen LogP) is 1.58. The zero-order chi connectivity index (χ0) is 10.0. The third kappa shape index (κ3) is 1.77. The molecule has 1 rings (SSSR count). The second kappa shape index (κ2) is 3.69. The van der Waals surface area contributed by atoms with Crippen molar-refractivity contribution < 1.29 is 13.6 Å². The van der Waals surface area contributed by atoms with Crippen molar-refractivity contribution in [1.29, 1.82) is 0 Å². The molecule has 1 aromatic rings. The van der Waals surface area contributed by atoms with Crippen LogP contribution in [0.2, 0.25) is 5.15 Å². The fourth-order valence-electron chi connectivity index (χ4n) is 0.868. The molecular formula is C6H6ClF2N3O. The maximum absolute atomic E-state index is 12.3. The average molecular weight is 210 g/mol. The highest BCUT2D eigenvalue weighted by Gasteiger charge is 2.21. The Morgan fingerprint density at radius 2 is 2.31 bits per heavy atom. The molecule has 72 valence electrons. The topological polar surface area (TPSA) is 46.9 Å². The number of hydrogen-bond acceptors (Lipinski definition) is 2. The SMILES string of the molecule is Cn1nc(C(F)F)c(NC=O)c1Cl. The highest BCUT2D eigenvalue weighted by Crippen LogP contribution is 2.31. The molecule has 0 saturated carbocycles. The number of halogens is 3. The number of hydrogen-bond donors (Lipinski definition) is 1. The standard InChI is InChI=1S/C6H6ClF2N3O/c1-12-5(7)3(10-2-13)4(11-12)6(8)9/h2,6H,1H3,(H,10,13). The minimum atomic E-state index is -2.76. The van der Waals surface area contributed by atoms with E-state index in [4.69, 9.17) is 11.6 Å². The largest absolute Gasteiger partial charge is 0.324 e. The zero-order valence-electron chi connectivity index (χ0n) is 6.59. The Balaban J connectivity index is 3.18. The highest BCUT2D eigenvalue weighted by molar-refractivity contribution is 6.32. The van der Waals surface area contributed by atoms with Crippen LogP contribution in [0.5, 0.6) is 0 Å². The van der Waals surface area contributed by atoms with Gasteiger partial charge in [-0.3, -0.25) is 9.48 Å². The molecule has 0 aliphatic carbocycles. The number of rotatable bonds is 3. The summed E-state index contributed by atoms with van der Waals surface area (Å²) < 4.78 is 25.6. The molecule has 0 spiro atoms. The predicted molar refractivity (Wildman–Crippen MR) is 42.9 cm³/mol. The summed E-state index contributed by atoms with van der Waals surface area (Å²) in [7, 11) is 1.41. The van der Waals surface area contributed by atoms with Crippen LogP contribution in [0.3, 0.4) is 0 Å². The van der Waals surface area contributed by atoms with E-state index in [1.54, 1.807) is 0 Å². The summed E-state index contributed by atoms with van der Waals surface area (Å²) in [6.07, 6.45) is -2.49. The molecular weight excluding hydrogens is 204 g/mol. The molecule has 1 amide bonds. The van der Waals surface area contributed by atoms with Gasteiger partial charge in [-0.1, -0.05) is 11.6 Å². The summed E-state index contributed by atoms with van der Waals surface area (Å²) in [5.41, 5.74) is -0.672. The lowest BCUT2D eigenvalue weighted by Crippen LogP contribution is -1.97. The molecule has 13 heavy (non-hydrogen) atoms. The summed E-state index contributed by atoms with van der Waals surface area (Å²) in [6.45, 7) is 0. The lowest BCUT2D eigenvalue weighted by Gasteiger charge is -1.97. The van der Waals surface area contributed by atoms with Gasteiger partial charge in [0.2, 0.25) is 6.41 Å². The van der Waals surface area contributed by atoms with Crippen LogP contribution in [-0.2, 0) is 11.8 Å². The van der Waals surface area contributed by atoms with Gasteiger partial charge in [0, 0.05) is 7.05 Å². The summed E-state index contributed by atoms with van der Waals surface area (Å²) in [4.78, 5) is 10.1. The number of aryl methyl sites for hydroxylation is 1. The fraction of sp³-hybridized carbons (Fsp3) is 0.333. The van der Waals surface area contributed by atoms with Gasteiger partial charge in [0.05, 0.1) is 0 Å². The summed E-state index contributed by atoms with van der Waals surface area (Å²) in [6, 6.07) is 0. The third-order valence-corrected chi connectivity index (χ3v) is 1.85. The second-order valence-electron chi connectivity index (χ2n) is 2.24. The summed E-state index contributed by atoms with van der Waals surface area (Å²) in [5, 5.41) is 5.49. The van der Waals surface area contributed by atoms with E-state index in [2.05, 4.69) is 10.4 Å². The van der Waals surface area contributed by atoms with Crippen molar-refractivity contribution in [3.8, 4) is 0 Å². The number of carbonyl (C=O) groups excluding carboxylic acids is 1. The Kier molecular flexibility index (Phi) is 2.82. The van der Waals surface area contributed by atoms with Crippen LogP contribution in [0.1, 0.15) is 12.1 Å². The van der Waals surface area contributed by atoms with Crippen molar-refractivity contribution >= 4 is 23.7 Å². The average Bonchev–Trinajstić information content (AvgIpc) is 2.33. The van der Waals surface area contributed by atoms with E-state index in [0.29, 0.717) is 0 Å². The molecule has 0 atom stereocenters. The number of anilines is 1. The number of nitrogens with one attached hydrogen (secondary N) is 1. The Labute approximate surface area is 77.5 Å². The molecule has 4 nitrogen and oxygen atoms in total. The smallest absolute Gasteiger partial charge is 0.284 e. The Morgan fingerprint density at radius 3 is 2.77 bits per heavy atom. The van der Waals surface area contributed by atoms with E-state index in [-0.39, 0.29) is 17.3 Å². The Bertz CT molecular complexity index is 326. The number of alkyl halides is 2. The first-order valence-electron chi connectivity index (χ1n) is 3.28. The molecule has 1 heterocycles. The monoisotopic (exact) mass is 209 g/mol. The van der Waals surface area contributed by atoms with Gasteiger partial charge >= 0.3 is 0 Å². The van der Waals surface area contributed by atoms with Crippen LogP contribution in [0, 0.1) is 0 Å². The molecule has 1 N–H and O–H groups in total. The molecule has 0 bridgehead atoms. The van der Waals surface area contributed by atoms with Crippen LogP contribution < -0.4 is 5.32 Å². The number of aromatic nitrogens is 2. The van der Waals surface area contributed by atoms with Crippen molar-refractivity contribution in [1.82, 2.24) is 9.78 Å². The number of amides is 1. The highest BCUT2D eigenvalue weighted by atomic mass is 35.5. The molecule has 0 aliphatic rings. The summed E-state index contributed by atoms with van der Waals surface area (Å²) >= 11 is 5.58. The van der Waals surface area contributed by atoms with Crippen LogP contribution in [0.4, 0.5) is 14.5 Å². The number of carbonyl (C=O) groups is 1. The quantitative estimate of drug-likeness (QED) is 0.769. The van der Waals surface area contributed by atoms with E-state index in [1.165, 1.54) is 7.05 Å². The van der Waals surface area contributed by atoms with E-state index in [1.807, 2.05) is 0 Å². The van der Waals surface area contributed by atoms with E-state index in [9.17, 15) is 13.6 Å². The van der Waals surface area contributed by atoms with E-state index < -0.39 is 12.1 Å². The lowest BCUT2D eigenvalue weighted by atomic mass is 10.4. The van der Waals surface area contributed by atoms with Gasteiger partial charge in [-0.05, 0) is 0 Å². The van der Waals surface area contributed by atoms with E-state index in [0.717, 1.165) is 4.68 Å². The third-order valence-electron chi connectivity index (χ3n) is 1.41. The fourth-order valence-corrected chi connectivity index (χ4v) is 1.06. The maximum atomic E-state index is 12.3. The maximum Gasteiger partial charge on any atom is 0.284 e. The first-order chi connectivity index (χ1) is 6.07. The van der Waals surface area contributed by atoms with Gasteiger partial charge in [0.25, 0.3) is 6.43 Å². The van der Waals surface area contributed by atoms with E-state index >= 15 is 0 Å². The first-order valence-corrected chi connectivity index (χ1v) is 3.66. The normalized spacial score (nSPS) is 10.5. The van der Waals surface area contributed by atoms with Crippen molar-refractivity contribution in [2.75, 3.05) is 5.32 Å². The Morgan fingerprint density at radius 1 is 1.69 bits per heavy atom. The second-order valence-corrected chi connectivity index (χ2v) is 2.60. The van der Waals surface area contributed by atoms with Gasteiger partial charge in [0.1, 0.15) is 5.69 Å². The van der Waals surface area contributed by atoms with Crippen LogP contribution in [-0.4, -0.2) is 16.2 Å². The van der Waals surface area contributed by atoms with Crippen LogP contribution in [0.15, 0.2) is 0 Å². The molecule has 0 saturated heterocycles. The van der Waals surface area contributed by atoms with Crippen molar-refractivity contribution in [3.63, 3.8) is 0 Å². The minimum Gasteiger partial charge on any atom is -0.324 e. The zero-order valence-corrected chi connectivity index (χ0v) is 7.35. The molecule has 1 aromatic heterocycles. The molecule has 0 unspecified atom stereocenters. The van der Waals surface area contributed by atoms with Gasteiger partial charge in [0.15, 0.2) is 10.8 Å². The Hall–Kier alpha value is -1.17. The van der Waals surface area contributed by atoms with Gasteiger partial charge in [-0.25, -0.2) is 8.78 Å². The van der Waals surface area contributed by atoms with Crippen molar-refractivity contribution in [3.05, 3.63) is 10.8 Å². The minimum absolute atomic E-state index is 0.0256. The molecule has 7 heteroatoms. The van der Waals surface area contributed by atoms with Crippen molar-refractivity contribution in [2.24, 2.45) is 7.05 Å². The van der Waals surface area contributed by atoms with Crippen LogP contribution in [0.25, 0.3) is 0 Å². The first kappa shape index (κ1) is 9.91. The van der Waals surface area contributed by atoms with Crippen LogP contribution >= 0.6 is 11.6 Å².